The van der Waals surface area contributed by atoms with E-state index in [9.17, 15) is 5.11 Å². The van der Waals surface area contributed by atoms with E-state index in [-0.39, 0.29) is 17.8 Å². The number of anilines is 1. The molecule has 29 heavy (non-hydrogen) atoms. The molecule has 1 aliphatic heterocycles. The zero-order valence-corrected chi connectivity index (χ0v) is 17.4. The van der Waals surface area contributed by atoms with Crippen LogP contribution in [0.5, 0.6) is 5.75 Å². The van der Waals surface area contributed by atoms with Gasteiger partial charge in [-0.3, -0.25) is 4.98 Å². The first kappa shape index (κ1) is 19.7. The van der Waals surface area contributed by atoms with Crippen LogP contribution in [0.2, 0.25) is 5.02 Å². The van der Waals surface area contributed by atoms with Gasteiger partial charge in [0.25, 0.3) is 0 Å². The molecule has 4 rings (SSSR count). The molecule has 2 aromatic heterocycles. The van der Waals surface area contributed by atoms with Gasteiger partial charge in [-0.1, -0.05) is 17.7 Å². The second-order valence-corrected chi connectivity index (χ2v) is 7.57. The third kappa shape index (κ3) is 3.81. The van der Waals surface area contributed by atoms with Crippen molar-refractivity contribution in [3.8, 4) is 5.75 Å². The number of phenolic OH excluding ortho intramolecular Hbond substituents is 1. The van der Waals surface area contributed by atoms with Crippen LogP contribution in [0.15, 0.2) is 60.9 Å². The van der Waals surface area contributed by atoms with E-state index in [1.165, 1.54) is 0 Å². The highest BCUT2D eigenvalue weighted by Crippen LogP contribution is 2.44. The largest absolute Gasteiger partial charge is 0.506 e. The molecule has 1 aromatic carbocycles. The summed E-state index contributed by atoms with van der Waals surface area (Å²) >= 11 is 11.9. The van der Waals surface area contributed by atoms with Crippen LogP contribution in [0.4, 0.5) is 5.69 Å². The number of pyridine rings is 1. The number of hydrogen-bond acceptors (Lipinski definition) is 4. The third-order valence-electron chi connectivity index (χ3n) is 5.00. The van der Waals surface area contributed by atoms with Gasteiger partial charge in [0.15, 0.2) is 5.11 Å². The zero-order valence-electron chi connectivity index (χ0n) is 15.8. The number of ether oxygens (including phenoxy) is 1. The summed E-state index contributed by atoms with van der Waals surface area (Å²) in [6.07, 6.45) is 3.78. The fourth-order valence-corrected chi connectivity index (χ4v) is 4.20. The maximum absolute atomic E-state index is 10.6. The summed E-state index contributed by atoms with van der Waals surface area (Å²) in [6.45, 7) is 1.29. The van der Waals surface area contributed by atoms with E-state index in [4.69, 9.17) is 28.6 Å². The molecule has 1 fully saturated rings. The lowest BCUT2D eigenvalue weighted by Gasteiger charge is -2.29. The van der Waals surface area contributed by atoms with Crippen LogP contribution >= 0.6 is 23.8 Å². The minimum atomic E-state index is -0.228. The highest BCUT2D eigenvalue weighted by Gasteiger charge is 2.42. The Morgan fingerprint density at radius 3 is 2.86 bits per heavy atom. The van der Waals surface area contributed by atoms with Gasteiger partial charge in [-0.05, 0) is 54.7 Å². The normalized spacial score (nSPS) is 18.8. The van der Waals surface area contributed by atoms with E-state index in [0.717, 1.165) is 11.4 Å². The maximum Gasteiger partial charge on any atom is 0.174 e. The van der Waals surface area contributed by atoms with Crippen LogP contribution in [0.1, 0.15) is 23.5 Å². The Morgan fingerprint density at radius 2 is 2.10 bits per heavy atom. The van der Waals surface area contributed by atoms with E-state index in [2.05, 4.69) is 20.9 Å². The Labute approximate surface area is 179 Å². The number of thiocarbonyl (C=S) groups is 1. The zero-order chi connectivity index (χ0) is 20.4. The number of halogens is 1. The third-order valence-corrected chi connectivity index (χ3v) is 5.55. The lowest BCUT2D eigenvalue weighted by Crippen LogP contribution is -2.30. The minimum absolute atomic E-state index is 0.111. The van der Waals surface area contributed by atoms with E-state index < -0.39 is 0 Å². The van der Waals surface area contributed by atoms with Gasteiger partial charge in [-0.25, -0.2) is 0 Å². The summed E-state index contributed by atoms with van der Waals surface area (Å²) in [4.78, 5) is 6.46. The number of methoxy groups -OCH3 is 1. The first-order valence-electron chi connectivity index (χ1n) is 9.23. The predicted molar refractivity (Wildman–Crippen MR) is 117 cm³/mol. The number of benzene rings is 1. The molecule has 3 heterocycles. The van der Waals surface area contributed by atoms with Crippen molar-refractivity contribution in [3.63, 3.8) is 0 Å². The molecule has 0 aliphatic carbocycles. The maximum atomic E-state index is 10.6. The van der Waals surface area contributed by atoms with Crippen LogP contribution in [0, 0.1) is 0 Å². The van der Waals surface area contributed by atoms with Crippen LogP contribution in [-0.2, 0) is 11.3 Å². The molecule has 0 bridgehead atoms. The van der Waals surface area contributed by atoms with E-state index >= 15 is 0 Å². The number of nitrogens with one attached hydrogen (secondary N) is 1. The van der Waals surface area contributed by atoms with Crippen molar-refractivity contribution in [1.29, 1.82) is 0 Å². The van der Waals surface area contributed by atoms with Crippen LogP contribution in [0.25, 0.3) is 0 Å². The molecule has 0 amide bonds. The van der Waals surface area contributed by atoms with Crippen molar-refractivity contribution in [3.05, 3.63) is 77.3 Å². The summed E-state index contributed by atoms with van der Waals surface area (Å²) in [5.41, 5.74) is 2.45. The smallest absolute Gasteiger partial charge is 0.174 e. The molecule has 8 heteroatoms. The number of hydrogen-bond donors (Lipinski definition) is 2. The van der Waals surface area contributed by atoms with Crippen molar-refractivity contribution in [2.75, 3.05) is 18.6 Å². The average molecular weight is 429 g/mol. The van der Waals surface area contributed by atoms with E-state index in [1.54, 1.807) is 31.5 Å². The monoisotopic (exact) mass is 428 g/mol. The number of nitrogens with zero attached hydrogens (tertiary/aromatic N) is 3. The van der Waals surface area contributed by atoms with Crippen molar-refractivity contribution in [2.24, 2.45) is 0 Å². The van der Waals surface area contributed by atoms with E-state index in [0.29, 0.717) is 29.0 Å². The Balaban J connectivity index is 1.84. The minimum Gasteiger partial charge on any atom is -0.506 e. The van der Waals surface area contributed by atoms with Crippen molar-refractivity contribution in [2.45, 2.75) is 18.6 Å². The predicted octanol–water partition coefficient (Wildman–Crippen LogP) is 4.07. The van der Waals surface area contributed by atoms with Crippen molar-refractivity contribution < 1.29 is 9.84 Å². The van der Waals surface area contributed by atoms with Crippen molar-refractivity contribution in [1.82, 2.24) is 14.9 Å². The number of aromatic hydroxyl groups is 1. The quantitative estimate of drug-likeness (QED) is 0.577. The van der Waals surface area contributed by atoms with Crippen LogP contribution in [0.3, 0.4) is 0 Å². The van der Waals surface area contributed by atoms with Gasteiger partial charge < -0.3 is 24.6 Å². The Bertz CT molecular complexity index is 1010. The summed E-state index contributed by atoms with van der Waals surface area (Å²) < 4.78 is 7.40. The molecule has 6 nitrogen and oxygen atoms in total. The van der Waals surface area contributed by atoms with Gasteiger partial charge in [0.1, 0.15) is 11.8 Å². The van der Waals surface area contributed by atoms with Gasteiger partial charge in [-0.15, -0.1) is 0 Å². The molecule has 1 aliphatic rings. The SMILES string of the molecule is COCCn1cccc1[C@@H]1[C@@H](c2ccccn2)NC(=S)N1c1cc(Cl)ccc1O. The summed E-state index contributed by atoms with van der Waals surface area (Å²) in [6, 6.07) is 14.4. The molecule has 2 N–H and O–H groups in total. The molecule has 2 atom stereocenters. The fourth-order valence-electron chi connectivity index (χ4n) is 3.69. The summed E-state index contributed by atoms with van der Waals surface area (Å²) in [5, 5.41) is 15.0. The first-order valence-corrected chi connectivity index (χ1v) is 10.0. The molecular formula is C21H21ClN4O2S. The van der Waals surface area contributed by atoms with Gasteiger partial charge >= 0.3 is 0 Å². The molecule has 0 radical (unpaired) electrons. The van der Waals surface area contributed by atoms with Crippen LogP contribution in [-0.4, -0.2) is 33.5 Å². The topological polar surface area (TPSA) is 62.5 Å². The van der Waals surface area contributed by atoms with Gasteiger partial charge in [-0.2, -0.15) is 0 Å². The first-order chi connectivity index (χ1) is 14.1. The fraction of sp³-hybridized carbons (Fsp3) is 0.238. The van der Waals surface area contributed by atoms with Gasteiger partial charge in [0.2, 0.25) is 0 Å². The Hall–Kier alpha value is -2.61. The summed E-state index contributed by atoms with van der Waals surface area (Å²) in [5.74, 6) is 0.111. The van der Waals surface area contributed by atoms with Crippen molar-refractivity contribution >= 4 is 34.6 Å². The molecule has 0 unspecified atom stereocenters. The highest BCUT2D eigenvalue weighted by molar-refractivity contribution is 7.80. The molecule has 0 spiro atoms. The lowest BCUT2D eigenvalue weighted by atomic mass is 10.0. The van der Waals surface area contributed by atoms with E-state index in [1.807, 2.05) is 35.4 Å². The Kier molecular flexibility index (Phi) is 5.71. The number of aromatic nitrogens is 2. The average Bonchev–Trinajstić information content (AvgIpc) is 3.32. The second kappa shape index (κ2) is 8.41. The molecule has 1 saturated heterocycles. The van der Waals surface area contributed by atoms with Gasteiger partial charge in [0.05, 0.1) is 24.0 Å². The number of rotatable bonds is 6. The number of phenols is 1. The highest BCUT2D eigenvalue weighted by atomic mass is 35.5. The molecule has 3 aromatic rings. The summed E-state index contributed by atoms with van der Waals surface area (Å²) in [7, 11) is 1.68. The Morgan fingerprint density at radius 1 is 1.24 bits per heavy atom. The molecule has 0 saturated carbocycles. The van der Waals surface area contributed by atoms with Crippen LogP contribution < -0.4 is 10.2 Å². The standard InChI is InChI=1S/C21H21ClN4O2S/c1-28-12-11-25-10-4-6-16(25)20-19(15-5-2-3-9-23-15)24-21(29)26(20)17-13-14(22)7-8-18(17)27/h2-10,13,19-20,27H,11-12H2,1H3,(H,24,29)/t19-,20-/m1/s1. The van der Waals surface area contributed by atoms with Gasteiger partial charge in [0, 0.05) is 36.8 Å². The second-order valence-electron chi connectivity index (χ2n) is 6.75. The molecule has 150 valence electrons. The lowest BCUT2D eigenvalue weighted by molar-refractivity contribution is 0.186. The molecular weight excluding hydrogens is 408 g/mol.